The van der Waals surface area contributed by atoms with E-state index in [1.54, 1.807) is 47.2 Å². The number of carbonyl (C=O) groups is 2. The largest absolute Gasteiger partial charge is 0.342 e. The van der Waals surface area contributed by atoms with Crippen LogP contribution in [-0.4, -0.2) is 52.8 Å². The van der Waals surface area contributed by atoms with Crippen LogP contribution in [0.15, 0.2) is 67.0 Å². The number of aromatic nitrogens is 1. The minimum atomic E-state index is -0.723. The molecule has 4 rings (SSSR count). The van der Waals surface area contributed by atoms with Crippen molar-refractivity contribution in [1.29, 1.82) is 0 Å². The standard InChI is InChI=1S/C24H21F2N3O2/c1-28-10-11-29(23(30)16-6-8-27-9-7-16)22(24(28)31)14-17-4-2-3-5-21(17)18-12-19(25)15-20(26)13-18/h2-9,12-13,15,22H,10-11,14H2,1H3. The first kappa shape index (κ1) is 20.7. The van der Waals surface area contributed by atoms with Gasteiger partial charge in [-0.2, -0.15) is 0 Å². The van der Waals surface area contributed by atoms with E-state index in [1.807, 2.05) is 6.07 Å². The van der Waals surface area contributed by atoms with Gasteiger partial charge in [0.15, 0.2) is 0 Å². The third kappa shape index (κ3) is 4.30. The predicted molar refractivity (Wildman–Crippen MR) is 112 cm³/mol. The lowest BCUT2D eigenvalue weighted by atomic mass is 9.93. The minimum absolute atomic E-state index is 0.172. The van der Waals surface area contributed by atoms with Gasteiger partial charge in [0.1, 0.15) is 17.7 Å². The Balaban J connectivity index is 1.70. The van der Waals surface area contributed by atoms with Gasteiger partial charge in [-0.15, -0.1) is 0 Å². The smallest absolute Gasteiger partial charge is 0.254 e. The van der Waals surface area contributed by atoms with Crippen molar-refractivity contribution in [3.8, 4) is 11.1 Å². The molecule has 158 valence electrons. The van der Waals surface area contributed by atoms with Crippen LogP contribution in [0.25, 0.3) is 11.1 Å². The summed E-state index contributed by atoms with van der Waals surface area (Å²) in [5, 5.41) is 0. The molecule has 3 aromatic rings. The second kappa shape index (κ2) is 8.63. The molecular weight excluding hydrogens is 400 g/mol. The summed E-state index contributed by atoms with van der Waals surface area (Å²) in [5.41, 5.74) is 2.20. The Labute approximate surface area is 178 Å². The van der Waals surface area contributed by atoms with Gasteiger partial charge >= 0.3 is 0 Å². The molecule has 0 aliphatic carbocycles. The van der Waals surface area contributed by atoms with Gasteiger partial charge in [0.05, 0.1) is 0 Å². The lowest BCUT2D eigenvalue weighted by Gasteiger charge is -2.39. The number of hydrogen-bond donors (Lipinski definition) is 0. The second-order valence-electron chi connectivity index (χ2n) is 7.53. The van der Waals surface area contributed by atoms with E-state index in [0.29, 0.717) is 29.8 Å². The summed E-state index contributed by atoms with van der Waals surface area (Å²) in [7, 11) is 1.71. The van der Waals surface area contributed by atoms with Gasteiger partial charge in [-0.3, -0.25) is 14.6 Å². The van der Waals surface area contributed by atoms with E-state index in [4.69, 9.17) is 0 Å². The zero-order valence-electron chi connectivity index (χ0n) is 17.0. The van der Waals surface area contributed by atoms with Crippen LogP contribution < -0.4 is 0 Å². The molecule has 0 spiro atoms. The third-order valence-electron chi connectivity index (χ3n) is 5.51. The number of likely N-dealkylation sites (N-methyl/N-ethyl adjacent to an activating group) is 1. The van der Waals surface area contributed by atoms with E-state index in [9.17, 15) is 18.4 Å². The molecule has 1 fully saturated rings. The van der Waals surface area contributed by atoms with Crippen molar-refractivity contribution in [2.45, 2.75) is 12.5 Å². The summed E-state index contributed by atoms with van der Waals surface area (Å²) in [4.78, 5) is 33.3. The van der Waals surface area contributed by atoms with Gasteiger partial charge < -0.3 is 9.80 Å². The molecule has 1 atom stereocenters. The van der Waals surface area contributed by atoms with E-state index in [0.717, 1.165) is 11.6 Å². The molecule has 1 unspecified atom stereocenters. The van der Waals surface area contributed by atoms with Crippen molar-refractivity contribution in [1.82, 2.24) is 14.8 Å². The zero-order valence-corrected chi connectivity index (χ0v) is 17.0. The highest BCUT2D eigenvalue weighted by molar-refractivity contribution is 5.98. The first-order chi connectivity index (χ1) is 14.9. The summed E-state index contributed by atoms with van der Waals surface area (Å²) in [5.74, 6) is -1.77. The van der Waals surface area contributed by atoms with E-state index in [1.165, 1.54) is 24.5 Å². The molecule has 1 aliphatic rings. The molecule has 2 amide bonds. The van der Waals surface area contributed by atoms with E-state index < -0.39 is 17.7 Å². The highest BCUT2D eigenvalue weighted by Crippen LogP contribution is 2.28. The van der Waals surface area contributed by atoms with Gasteiger partial charge in [0.25, 0.3) is 5.91 Å². The predicted octanol–water partition coefficient (Wildman–Crippen LogP) is 3.55. The number of rotatable bonds is 4. The average molecular weight is 421 g/mol. The van der Waals surface area contributed by atoms with E-state index in [-0.39, 0.29) is 18.2 Å². The van der Waals surface area contributed by atoms with E-state index in [2.05, 4.69) is 4.98 Å². The molecule has 1 saturated heterocycles. The number of carbonyl (C=O) groups excluding carboxylic acids is 2. The van der Waals surface area contributed by atoms with Crippen LogP contribution in [0.2, 0.25) is 0 Å². The number of amides is 2. The monoisotopic (exact) mass is 421 g/mol. The third-order valence-corrected chi connectivity index (χ3v) is 5.51. The lowest BCUT2D eigenvalue weighted by molar-refractivity contribution is -0.138. The quantitative estimate of drug-likeness (QED) is 0.648. The van der Waals surface area contributed by atoms with Crippen LogP contribution in [0.1, 0.15) is 15.9 Å². The molecule has 1 aromatic heterocycles. The summed E-state index contributed by atoms with van der Waals surface area (Å²) in [6.07, 6.45) is 3.30. The van der Waals surface area contributed by atoms with Crippen molar-refractivity contribution in [2.75, 3.05) is 20.1 Å². The molecule has 5 nitrogen and oxygen atoms in total. The fourth-order valence-electron chi connectivity index (χ4n) is 3.91. The second-order valence-corrected chi connectivity index (χ2v) is 7.53. The highest BCUT2D eigenvalue weighted by Gasteiger charge is 2.36. The fraction of sp³-hybridized carbons (Fsp3) is 0.208. The molecule has 0 bridgehead atoms. The molecular formula is C24H21F2N3O2. The van der Waals surface area contributed by atoms with E-state index >= 15 is 0 Å². The number of halogens is 2. The maximum absolute atomic E-state index is 13.8. The van der Waals surface area contributed by atoms with Crippen molar-refractivity contribution < 1.29 is 18.4 Å². The van der Waals surface area contributed by atoms with Crippen LogP contribution in [0.4, 0.5) is 8.78 Å². The van der Waals surface area contributed by atoms with Gasteiger partial charge in [0, 0.05) is 50.6 Å². The highest BCUT2D eigenvalue weighted by atomic mass is 19.1. The molecule has 2 heterocycles. The van der Waals surface area contributed by atoms with Gasteiger partial charge in [0.2, 0.25) is 5.91 Å². The van der Waals surface area contributed by atoms with Crippen molar-refractivity contribution in [3.63, 3.8) is 0 Å². The first-order valence-electron chi connectivity index (χ1n) is 9.94. The maximum Gasteiger partial charge on any atom is 0.254 e. The Bertz CT molecular complexity index is 1100. The molecule has 0 radical (unpaired) electrons. The lowest BCUT2D eigenvalue weighted by Crippen LogP contribution is -2.58. The Kier molecular flexibility index (Phi) is 5.75. The summed E-state index contributed by atoms with van der Waals surface area (Å²) in [6.45, 7) is 0.827. The Morgan fingerprint density at radius 3 is 2.42 bits per heavy atom. The summed E-state index contributed by atoms with van der Waals surface area (Å²) >= 11 is 0. The summed E-state index contributed by atoms with van der Waals surface area (Å²) < 4.78 is 27.6. The maximum atomic E-state index is 13.8. The topological polar surface area (TPSA) is 53.5 Å². The first-order valence-corrected chi connectivity index (χ1v) is 9.94. The number of benzene rings is 2. The average Bonchev–Trinajstić information content (AvgIpc) is 2.77. The van der Waals surface area contributed by atoms with Crippen molar-refractivity contribution in [2.24, 2.45) is 0 Å². The van der Waals surface area contributed by atoms with Crippen LogP contribution in [-0.2, 0) is 11.2 Å². The Morgan fingerprint density at radius 1 is 1.03 bits per heavy atom. The Hall–Kier alpha value is -3.61. The number of pyridine rings is 1. The molecule has 0 N–H and O–H groups in total. The Morgan fingerprint density at radius 2 is 1.71 bits per heavy atom. The normalized spacial score (nSPS) is 16.5. The van der Waals surface area contributed by atoms with Gasteiger partial charge in [-0.05, 0) is 41.0 Å². The number of piperazine rings is 1. The number of nitrogens with zero attached hydrogens (tertiary/aromatic N) is 3. The van der Waals surface area contributed by atoms with Crippen LogP contribution in [0.5, 0.6) is 0 Å². The van der Waals surface area contributed by atoms with Crippen molar-refractivity contribution >= 4 is 11.8 Å². The van der Waals surface area contributed by atoms with Gasteiger partial charge in [-0.1, -0.05) is 24.3 Å². The molecule has 31 heavy (non-hydrogen) atoms. The molecule has 7 heteroatoms. The zero-order chi connectivity index (χ0) is 22.0. The molecule has 1 aliphatic heterocycles. The van der Waals surface area contributed by atoms with Crippen LogP contribution >= 0.6 is 0 Å². The molecule has 0 saturated carbocycles. The molecule has 2 aromatic carbocycles. The fourth-order valence-corrected chi connectivity index (χ4v) is 3.91. The van der Waals surface area contributed by atoms with Gasteiger partial charge in [-0.25, -0.2) is 8.78 Å². The van der Waals surface area contributed by atoms with Crippen LogP contribution in [0, 0.1) is 11.6 Å². The summed E-state index contributed by atoms with van der Waals surface area (Å²) in [6, 6.07) is 13.0. The number of hydrogen-bond acceptors (Lipinski definition) is 3. The SMILES string of the molecule is CN1CCN(C(=O)c2ccncc2)C(Cc2ccccc2-c2cc(F)cc(F)c2)C1=O. The van der Waals surface area contributed by atoms with Crippen LogP contribution in [0.3, 0.4) is 0 Å². The van der Waals surface area contributed by atoms with Crippen molar-refractivity contribution in [3.05, 3.63) is 89.8 Å². The minimum Gasteiger partial charge on any atom is -0.342 e.